The molecule has 0 radical (unpaired) electrons. The Morgan fingerprint density at radius 2 is 0.838 bits per heavy atom. The molecule has 0 rings (SSSR count). The van der Waals surface area contributed by atoms with Gasteiger partial charge in [0.15, 0.2) is 0 Å². The lowest BCUT2D eigenvalue weighted by atomic mass is 10.0. The van der Waals surface area contributed by atoms with Crippen molar-refractivity contribution < 1.29 is 9.63 Å². The van der Waals surface area contributed by atoms with E-state index in [2.05, 4.69) is 31.5 Å². The van der Waals surface area contributed by atoms with Crippen molar-refractivity contribution in [2.24, 2.45) is 0 Å². The topological polar surface area (TPSA) is 38.3 Å². The Hall–Kier alpha value is -0.830. The van der Waals surface area contributed by atoms with E-state index in [1.807, 2.05) is 0 Å². The van der Waals surface area contributed by atoms with Gasteiger partial charge in [-0.15, -0.1) is 0 Å². The Balaban J connectivity index is 3.18. The molecule has 0 saturated carbocycles. The van der Waals surface area contributed by atoms with Crippen LogP contribution in [0.1, 0.15) is 194 Å². The number of rotatable bonds is 31. The molecule has 0 aromatic heterocycles. The lowest BCUT2D eigenvalue weighted by molar-refractivity contribution is -0.151. The summed E-state index contributed by atoms with van der Waals surface area (Å²) in [4.78, 5) is 17.0. The summed E-state index contributed by atoms with van der Waals surface area (Å²) in [7, 11) is 0. The number of nitrogens with one attached hydrogen (secondary N) is 1. The zero-order chi connectivity index (χ0) is 26.9. The average molecular weight is 522 g/mol. The molecule has 0 unspecified atom stereocenters. The van der Waals surface area contributed by atoms with E-state index in [4.69, 9.17) is 4.84 Å². The first-order chi connectivity index (χ1) is 18.3. The number of carbonyl (C=O) groups is 1. The van der Waals surface area contributed by atoms with Crippen LogP contribution in [0.25, 0.3) is 0 Å². The molecule has 0 amide bonds. The second-order valence-corrected chi connectivity index (χ2v) is 11.3. The van der Waals surface area contributed by atoms with Gasteiger partial charge in [-0.1, -0.05) is 161 Å². The number of unbranched alkanes of at least 4 members (excludes halogenated alkanes) is 24. The third kappa shape index (κ3) is 33.1. The van der Waals surface area contributed by atoms with Crippen LogP contribution in [-0.2, 0) is 9.63 Å². The zero-order valence-electron chi connectivity index (χ0n) is 25.5. The molecule has 0 aromatic carbocycles. The van der Waals surface area contributed by atoms with Crippen molar-refractivity contribution in [1.29, 1.82) is 0 Å². The van der Waals surface area contributed by atoms with Gasteiger partial charge in [0, 0.05) is 13.0 Å². The van der Waals surface area contributed by atoms with Crippen LogP contribution in [0.15, 0.2) is 12.2 Å². The quantitative estimate of drug-likeness (QED) is 0.0560. The van der Waals surface area contributed by atoms with Gasteiger partial charge in [0.05, 0.1) is 0 Å². The van der Waals surface area contributed by atoms with Crippen molar-refractivity contribution >= 4 is 5.97 Å². The first-order valence-electron chi connectivity index (χ1n) is 16.9. The molecule has 1 N–H and O–H groups in total. The van der Waals surface area contributed by atoms with E-state index in [1.165, 1.54) is 154 Å². The predicted molar refractivity (Wildman–Crippen MR) is 164 cm³/mol. The van der Waals surface area contributed by atoms with Crippen LogP contribution in [0.2, 0.25) is 0 Å². The molecule has 0 aromatic rings. The molecule has 3 heteroatoms. The third-order valence-electron chi connectivity index (χ3n) is 7.46. The van der Waals surface area contributed by atoms with Gasteiger partial charge >= 0.3 is 5.97 Å². The Morgan fingerprint density at radius 3 is 1.27 bits per heavy atom. The largest absolute Gasteiger partial charge is 0.371 e. The first kappa shape index (κ1) is 36.2. The van der Waals surface area contributed by atoms with E-state index in [-0.39, 0.29) is 5.97 Å². The minimum Gasteiger partial charge on any atom is -0.371 e. The van der Waals surface area contributed by atoms with Crippen LogP contribution in [0, 0.1) is 0 Å². The van der Waals surface area contributed by atoms with Crippen LogP contribution in [-0.4, -0.2) is 12.5 Å². The van der Waals surface area contributed by atoms with E-state index in [0.29, 0.717) is 6.42 Å². The summed E-state index contributed by atoms with van der Waals surface area (Å²) in [5.41, 5.74) is 2.87. The highest BCUT2D eigenvalue weighted by Crippen LogP contribution is 2.13. The molecule has 3 nitrogen and oxygen atoms in total. The Kier molecular flexibility index (Phi) is 32.5. The summed E-state index contributed by atoms with van der Waals surface area (Å²) in [5, 5.41) is 0. The van der Waals surface area contributed by atoms with Gasteiger partial charge in [0.2, 0.25) is 0 Å². The van der Waals surface area contributed by atoms with Gasteiger partial charge in [0.25, 0.3) is 0 Å². The Bertz CT molecular complexity index is 463. The predicted octanol–water partition coefficient (Wildman–Crippen LogP) is 11.6. The van der Waals surface area contributed by atoms with Crippen molar-refractivity contribution in [3.05, 3.63) is 12.2 Å². The van der Waals surface area contributed by atoms with Crippen molar-refractivity contribution in [3.63, 3.8) is 0 Å². The summed E-state index contributed by atoms with van der Waals surface area (Å²) >= 11 is 0. The van der Waals surface area contributed by atoms with Crippen LogP contribution in [0.4, 0.5) is 0 Å². The first-order valence-corrected chi connectivity index (χ1v) is 16.9. The van der Waals surface area contributed by atoms with Gasteiger partial charge in [-0.05, 0) is 38.5 Å². The normalized spacial score (nSPS) is 11.5. The second-order valence-electron chi connectivity index (χ2n) is 11.3. The molecule has 0 aliphatic carbocycles. The van der Waals surface area contributed by atoms with Gasteiger partial charge < -0.3 is 4.84 Å². The van der Waals surface area contributed by atoms with Crippen LogP contribution in [0.3, 0.4) is 0 Å². The summed E-state index contributed by atoms with van der Waals surface area (Å²) in [5.74, 6) is -0.0902. The maximum absolute atomic E-state index is 11.8. The lowest BCUT2D eigenvalue weighted by Gasteiger charge is -2.06. The number of hydrogen-bond acceptors (Lipinski definition) is 3. The highest BCUT2D eigenvalue weighted by Gasteiger charge is 2.02. The molecule has 220 valence electrons. The zero-order valence-corrected chi connectivity index (χ0v) is 25.5. The fourth-order valence-corrected chi connectivity index (χ4v) is 4.91. The molecule has 0 spiro atoms. The number of carbonyl (C=O) groups excluding carboxylic acids is 1. The van der Waals surface area contributed by atoms with E-state index in [0.717, 1.165) is 25.8 Å². The van der Waals surface area contributed by atoms with E-state index >= 15 is 0 Å². The van der Waals surface area contributed by atoms with Crippen molar-refractivity contribution in [3.8, 4) is 0 Å². The van der Waals surface area contributed by atoms with Gasteiger partial charge in [-0.2, -0.15) is 5.48 Å². The van der Waals surface area contributed by atoms with Crippen LogP contribution >= 0.6 is 0 Å². The summed E-state index contributed by atoms with van der Waals surface area (Å²) in [6.45, 7) is 5.34. The highest BCUT2D eigenvalue weighted by molar-refractivity contribution is 5.68. The Morgan fingerprint density at radius 1 is 0.486 bits per heavy atom. The molecular formula is C34H67NO2. The summed E-state index contributed by atoms with van der Waals surface area (Å²) in [6, 6.07) is 0. The van der Waals surface area contributed by atoms with Crippen LogP contribution < -0.4 is 5.48 Å². The molecule has 0 fully saturated rings. The SMILES string of the molecule is CCCCCCCC/C=C\CCCCCCCCNOC(=O)CCCCCCCCCCCCCCC. The smallest absolute Gasteiger partial charge is 0.324 e. The summed E-state index contributed by atoms with van der Waals surface area (Å²) in [6.07, 6.45) is 41.0. The van der Waals surface area contributed by atoms with Gasteiger partial charge in [0.1, 0.15) is 0 Å². The lowest BCUT2D eigenvalue weighted by Crippen LogP contribution is -2.20. The van der Waals surface area contributed by atoms with Crippen molar-refractivity contribution in [1.82, 2.24) is 5.48 Å². The van der Waals surface area contributed by atoms with E-state index in [9.17, 15) is 4.79 Å². The molecule has 37 heavy (non-hydrogen) atoms. The minimum atomic E-state index is -0.0902. The van der Waals surface area contributed by atoms with Gasteiger partial charge in [-0.3, -0.25) is 4.79 Å². The van der Waals surface area contributed by atoms with Crippen LogP contribution in [0.5, 0.6) is 0 Å². The van der Waals surface area contributed by atoms with Gasteiger partial charge in [-0.25, -0.2) is 0 Å². The highest BCUT2D eigenvalue weighted by atomic mass is 16.7. The van der Waals surface area contributed by atoms with E-state index in [1.54, 1.807) is 0 Å². The molecular weight excluding hydrogens is 454 g/mol. The third-order valence-corrected chi connectivity index (χ3v) is 7.46. The average Bonchev–Trinajstić information content (AvgIpc) is 2.90. The maximum atomic E-state index is 11.8. The maximum Gasteiger partial charge on any atom is 0.324 e. The second kappa shape index (κ2) is 33.2. The number of hydroxylamine groups is 1. The Labute approximate surface area is 233 Å². The summed E-state index contributed by atoms with van der Waals surface area (Å²) < 4.78 is 0. The molecule has 0 atom stereocenters. The fourth-order valence-electron chi connectivity index (χ4n) is 4.91. The fraction of sp³-hybridized carbons (Fsp3) is 0.912. The molecule has 0 aliphatic heterocycles. The standard InChI is InChI=1S/C34H67NO2/c1-3-5-7-9-11-13-15-17-18-19-21-23-25-27-29-31-33-35-37-34(36)32-30-28-26-24-22-20-16-14-12-10-8-6-4-2/h17-18,35H,3-16,19-33H2,1-2H3/b18-17-. The van der Waals surface area contributed by atoms with Crippen molar-refractivity contribution in [2.75, 3.05) is 6.54 Å². The monoisotopic (exact) mass is 522 g/mol. The molecule has 0 saturated heterocycles. The number of allylic oxidation sites excluding steroid dienone is 2. The van der Waals surface area contributed by atoms with Crippen molar-refractivity contribution in [2.45, 2.75) is 194 Å². The molecule has 0 heterocycles. The van der Waals surface area contributed by atoms with E-state index < -0.39 is 0 Å². The number of hydrogen-bond donors (Lipinski definition) is 1. The molecule has 0 aliphatic rings. The molecule has 0 bridgehead atoms. The minimum absolute atomic E-state index is 0.0902.